The van der Waals surface area contributed by atoms with Crippen LogP contribution in [0.4, 0.5) is 5.69 Å². The van der Waals surface area contributed by atoms with Crippen LogP contribution in [0.2, 0.25) is 5.02 Å². The SMILES string of the molecule is O=C(Nc1ccc(Cl)cc1)[C@@H](NNC(=O)C(O)(c1ccccc1)c1ccccc1)c1ccccc1. The number of anilines is 1. The van der Waals surface area contributed by atoms with Crippen molar-refractivity contribution >= 4 is 29.1 Å². The first-order chi connectivity index (χ1) is 17.0. The number of hydrogen-bond donors (Lipinski definition) is 4. The van der Waals surface area contributed by atoms with Crippen molar-refractivity contribution in [1.82, 2.24) is 10.9 Å². The first-order valence-electron chi connectivity index (χ1n) is 11.0. The van der Waals surface area contributed by atoms with E-state index in [1.54, 1.807) is 109 Å². The lowest BCUT2D eigenvalue weighted by Gasteiger charge is -2.29. The number of aliphatic hydroxyl groups is 1. The summed E-state index contributed by atoms with van der Waals surface area (Å²) in [4.78, 5) is 26.6. The van der Waals surface area contributed by atoms with Crippen LogP contribution >= 0.6 is 11.6 Å². The van der Waals surface area contributed by atoms with E-state index in [1.807, 2.05) is 6.07 Å². The van der Waals surface area contributed by atoms with Crippen LogP contribution in [-0.2, 0) is 15.2 Å². The Morgan fingerprint density at radius 3 is 1.71 bits per heavy atom. The zero-order valence-electron chi connectivity index (χ0n) is 18.7. The Morgan fingerprint density at radius 1 is 0.714 bits per heavy atom. The molecule has 0 fully saturated rings. The van der Waals surface area contributed by atoms with E-state index in [0.717, 1.165) is 0 Å². The van der Waals surface area contributed by atoms with Crippen molar-refractivity contribution in [2.24, 2.45) is 0 Å². The molecule has 0 aliphatic rings. The maximum absolute atomic E-state index is 13.5. The molecule has 4 rings (SSSR count). The fourth-order valence-electron chi connectivity index (χ4n) is 3.71. The van der Waals surface area contributed by atoms with Gasteiger partial charge in [-0.25, -0.2) is 5.43 Å². The fraction of sp³-hybridized carbons (Fsp3) is 0.0714. The molecule has 0 heterocycles. The molecule has 35 heavy (non-hydrogen) atoms. The second kappa shape index (κ2) is 11.0. The van der Waals surface area contributed by atoms with E-state index >= 15 is 0 Å². The summed E-state index contributed by atoms with van der Waals surface area (Å²) >= 11 is 5.94. The molecule has 0 unspecified atom stereocenters. The minimum atomic E-state index is -1.98. The van der Waals surface area contributed by atoms with Crippen molar-refractivity contribution in [2.75, 3.05) is 5.32 Å². The van der Waals surface area contributed by atoms with Crippen LogP contribution in [0.15, 0.2) is 115 Å². The zero-order valence-corrected chi connectivity index (χ0v) is 19.4. The number of benzene rings is 4. The predicted octanol–water partition coefficient (Wildman–Crippen LogP) is 4.58. The van der Waals surface area contributed by atoms with E-state index in [0.29, 0.717) is 27.4 Å². The van der Waals surface area contributed by atoms with Crippen molar-refractivity contribution in [3.8, 4) is 0 Å². The lowest BCUT2D eigenvalue weighted by Crippen LogP contribution is -2.53. The van der Waals surface area contributed by atoms with Crippen LogP contribution < -0.4 is 16.2 Å². The van der Waals surface area contributed by atoms with Gasteiger partial charge in [-0.15, -0.1) is 0 Å². The standard InChI is InChI=1S/C28H24ClN3O3/c29-23-16-18-24(19-17-23)30-26(33)25(20-10-4-1-5-11-20)31-32-27(34)28(35,21-12-6-2-7-13-21)22-14-8-3-9-15-22/h1-19,25,31,35H,(H,30,33)(H,32,34)/t25-/m0/s1. The van der Waals surface area contributed by atoms with E-state index in [1.165, 1.54) is 0 Å². The molecular formula is C28H24ClN3O3. The average molecular weight is 486 g/mol. The largest absolute Gasteiger partial charge is 0.372 e. The molecule has 0 radical (unpaired) electrons. The monoisotopic (exact) mass is 485 g/mol. The number of amides is 2. The van der Waals surface area contributed by atoms with Crippen molar-refractivity contribution in [2.45, 2.75) is 11.6 Å². The molecule has 4 aromatic rings. The highest BCUT2D eigenvalue weighted by Gasteiger charge is 2.40. The molecule has 7 heteroatoms. The number of carbonyl (C=O) groups excluding carboxylic acids is 2. The van der Waals surface area contributed by atoms with Gasteiger partial charge in [0.1, 0.15) is 6.04 Å². The van der Waals surface area contributed by atoms with E-state index in [9.17, 15) is 14.7 Å². The van der Waals surface area contributed by atoms with Gasteiger partial charge < -0.3 is 10.4 Å². The van der Waals surface area contributed by atoms with E-state index in [4.69, 9.17) is 11.6 Å². The highest BCUT2D eigenvalue weighted by molar-refractivity contribution is 6.30. The summed E-state index contributed by atoms with van der Waals surface area (Å²) in [5.74, 6) is -1.13. The molecule has 0 saturated carbocycles. The predicted molar refractivity (Wildman–Crippen MR) is 136 cm³/mol. The molecule has 0 bridgehead atoms. The molecule has 176 valence electrons. The zero-order chi connectivity index (χ0) is 24.7. The molecule has 2 amide bonds. The van der Waals surface area contributed by atoms with Crippen molar-refractivity contribution in [3.05, 3.63) is 137 Å². The molecule has 0 aliphatic carbocycles. The fourth-order valence-corrected chi connectivity index (χ4v) is 3.84. The van der Waals surface area contributed by atoms with Crippen LogP contribution in [-0.4, -0.2) is 16.9 Å². The van der Waals surface area contributed by atoms with Gasteiger partial charge in [-0.05, 0) is 41.0 Å². The number of rotatable bonds is 8. The Kier molecular flexibility index (Phi) is 7.57. The van der Waals surface area contributed by atoms with Gasteiger partial charge in [0.15, 0.2) is 5.60 Å². The summed E-state index contributed by atoms with van der Waals surface area (Å²) in [6.07, 6.45) is 0. The molecule has 0 saturated heterocycles. The average Bonchev–Trinajstić information content (AvgIpc) is 2.91. The normalized spacial score (nSPS) is 11.9. The summed E-state index contributed by atoms with van der Waals surface area (Å²) in [7, 11) is 0. The summed E-state index contributed by atoms with van der Waals surface area (Å²) in [5.41, 5.74) is 5.38. The van der Waals surface area contributed by atoms with E-state index in [-0.39, 0.29) is 0 Å². The second-order valence-corrected chi connectivity index (χ2v) is 8.32. The van der Waals surface area contributed by atoms with Crippen LogP contribution in [0, 0.1) is 0 Å². The first-order valence-corrected chi connectivity index (χ1v) is 11.4. The lowest BCUT2D eigenvalue weighted by molar-refractivity contribution is -0.138. The summed E-state index contributed by atoms with van der Waals surface area (Å²) < 4.78 is 0. The van der Waals surface area contributed by atoms with Crippen LogP contribution in [0.5, 0.6) is 0 Å². The maximum atomic E-state index is 13.5. The Morgan fingerprint density at radius 2 is 1.20 bits per heavy atom. The van der Waals surface area contributed by atoms with Crippen molar-refractivity contribution in [1.29, 1.82) is 0 Å². The number of nitrogens with one attached hydrogen (secondary N) is 3. The van der Waals surface area contributed by atoms with Gasteiger partial charge in [0.2, 0.25) is 5.91 Å². The summed E-state index contributed by atoms with van der Waals surface area (Å²) in [6.45, 7) is 0. The van der Waals surface area contributed by atoms with Gasteiger partial charge in [-0.2, -0.15) is 0 Å². The number of carbonyl (C=O) groups is 2. The van der Waals surface area contributed by atoms with Gasteiger partial charge >= 0.3 is 0 Å². The molecule has 4 N–H and O–H groups in total. The third kappa shape index (κ3) is 5.58. The van der Waals surface area contributed by atoms with Crippen LogP contribution in [0.1, 0.15) is 22.7 Å². The van der Waals surface area contributed by atoms with E-state index < -0.39 is 23.5 Å². The minimum absolute atomic E-state index is 0.396. The smallest absolute Gasteiger partial charge is 0.275 e. The van der Waals surface area contributed by atoms with Gasteiger partial charge in [0.05, 0.1) is 0 Å². The Balaban J connectivity index is 1.60. The number of hydrazine groups is 1. The van der Waals surface area contributed by atoms with Crippen LogP contribution in [0.25, 0.3) is 0 Å². The van der Waals surface area contributed by atoms with Gasteiger partial charge in [-0.1, -0.05) is 103 Å². The Labute approximate surface area is 208 Å². The summed E-state index contributed by atoms with van der Waals surface area (Å²) in [6, 6.07) is 32.0. The third-order valence-corrected chi connectivity index (χ3v) is 5.80. The first kappa shape index (κ1) is 24.2. The Bertz CT molecular complexity index is 1230. The maximum Gasteiger partial charge on any atom is 0.275 e. The number of hydrogen-bond acceptors (Lipinski definition) is 4. The van der Waals surface area contributed by atoms with Crippen molar-refractivity contribution in [3.63, 3.8) is 0 Å². The summed E-state index contributed by atoms with van der Waals surface area (Å²) in [5, 5.41) is 15.0. The molecule has 1 atom stereocenters. The van der Waals surface area contributed by atoms with Gasteiger partial charge in [-0.3, -0.25) is 15.0 Å². The molecule has 0 aromatic heterocycles. The van der Waals surface area contributed by atoms with E-state index in [2.05, 4.69) is 16.2 Å². The lowest BCUT2D eigenvalue weighted by atomic mass is 9.85. The van der Waals surface area contributed by atoms with Crippen molar-refractivity contribution < 1.29 is 14.7 Å². The highest BCUT2D eigenvalue weighted by Crippen LogP contribution is 2.30. The quantitative estimate of drug-likeness (QED) is 0.275. The van der Waals surface area contributed by atoms with Crippen LogP contribution in [0.3, 0.4) is 0 Å². The molecule has 0 aliphatic heterocycles. The minimum Gasteiger partial charge on any atom is -0.372 e. The number of halogens is 1. The third-order valence-electron chi connectivity index (χ3n) is 5.55. The topological polar surface area (TPSA) is 90.5 Å². The molecule has 0 spiro atoms. The molecule has 6 nitrogen and oxygen atoms in total. The second-order valence-electron chi connectivity index (χ2n) is 7.88. The highest BCUT2D eigenvalue weighted by atomic mass is 35.5. The van der Waals surface area contributed by atoms with Gasteiger partial charge in [0, 0.05) is 10.7 Å². The van der Waals surface area contributed by atoms with Gasteiger partial charge in [0.25, 0.3) is 5.91 Å². The molecular weight excluding hydrogens is 462 g/mol. The molecule has 4 aromatic carbocycles. The Hall–Kier alpha value is -3.97.